The molecule has 2 N–H and O–H groups in total. The van der Waals surface area contributed by atoms with Crippen molar-refractivity contribution in [2.45, 2.75) is 26.0 Å². The summed E-state index contributed by atoms with van der Waals surface area (Å²) in [6, 6.07) is 8.25. The predicted octanol–water partition coefficient (Wildman–Crippen LogP) is 2.70. The van der Waals surface area contributed by atoms with Crippen LogP contribution in [0.1, 0.15) is 18.1 Å². The second-order valence-electron chi connectivity index (χ2n) is 4.94. The highest BCUT2D eigenvalue weighted by atomic mass is 19.1. The molecule has 5 heteroatoms. The van der Waals surface area contributed by atoms with E-state index in [1.165, 1.54) is 12.1 Å². The van der Waals surface area contributed by atoms with Crippen LogP contribution in [-0.2, 0) is 13.0 Å². The van der Waals surface area contributed by atoms with Gasteiger partial charge in [0, 0.05) is 18.3 Å². The summed E-state index contributed by atoms with van der Waals surface area (Å²) in [7, 11) is 1.55. The van der Waals surface area contributed by atoms with Crippen LogP contribution in [0.15, 0.2) is 36.5 Å². The molecule has 2 aromatic rings. The molecule has 0 bridgehead atoms. The molecule has 112 valence electrons. The number of hydrogen-bond acceptors (Lipinski definition) is 4. The number of nitrogens with two attached hydrogens (primary N) is 1. The number of hydrogen-bond donors (Lipinski definition) is 1. The molecule has 0 saturated carbocycles. The largest absolute Gasteiger partial charge is 0.489 e. The van der Waals surface area contributed by atoms with Crippen LogP contribution in [-0.4, -0.2) is 18.1 Å². The lowest BCUT2D eigenvalue weighted by Gasteiger charge is -2.11. The average molecular weight is 290 g/mol. The second kappa shape index (κ2) is 7.04. The van der Waals surface area contributed by atoms with Crippen LogP contribution in [0, 0.1) is 5.82 Å². The van der Waals surface area contributed by atoms with E-state index in [-0.39, 0.29) is 18.5 Å². The molecule has 0 fully saturated rings. The van der Waals surface area contributed by atoms with Crippen LogP contribution in [0.5, 0.6) is 11.6 Å². The van der Waals surface area contributed by atoms with Crippen molar-refractivity contribution in [3.05, 3.63) is 53.5 Å². The van der Waals surface area contributed by atoms with Gasteiger partial charge in [-0.05, 0) is 43.2 Å². The zero-order valence-corrected chi connectivity index (χ0v) is 12.2. The van der Waals surface area contributed by atoms with E-state index in [0.29, 0.717) is 18.1 Å². The van der Waals surface area contributed by atoms with E-state index < -0.39 is 0 Å². The Morgan fingerprint density at radius 2 is 2.14 bits per heavy atom. The normalized spacial score (nSPS) is 12.0. The van der Waals surface area contributed by atoms with Crippen LogP contribution in [0.3, 0.4) is 0 Å². The molecular formula is C16H19FN2O2. The third-order valence-corrected chi connectivity index (χ3v) is 2.93. The quantitative estimate of drug-likeness (QED) is 0.888. The Balaban J connectivity index is 2.10. The molecule has 1 atom stereocenters. The molecular weight excluding hydrogens is 271 g/mol. The van der Waals surface area contributed by atoms with E-state index in [4.69, 9.17) is 15.2 Å². The van der Waals surface area contributed by atoms with Crippen molar-refractivity contribution in [2.75, 3.05) is 7.11 Å². The standard InChI is InChI=1S/C16H19FN2O2/c1-11(18)6-12-7-14(17)9-15(8-12)21-10-13-4-3-5-19-16(13)20-2/h3-5,7-9,11H,6,10,18H2,1-2H3. The number of methoxy groups -OCH3 is 1. The van der Waals surface area contributed by atoms with E-state index in [9.17, 15) is 4.39 Å². The summed E-state index contributed by atoms with van der Waals surface area (Å²) in [6.45, 7) is 2.14. The van der Waals surface area contributed by atoms with E-state index >= 15 is 0 Å². The number of ether oxygens (including phenoxy) is 2. The van der Waals surface area contributed by atoms with Crippen molar-refractivity contribution in [3.8, 4) is 11.6 Å². The first kappa shape index (κ1) is 15.3. The van der Waals surface area contributed by atoms with Gasteiger partial charge in [0.05, 0.1) is 12.7 Å². The van der Waals surface area contributed by atoms with Gasteiger partial charge in [0.15, 0.2) is 0 Å². The Kier molecular flexibility index (Phi) is 5.11. The van der Waals surface area contributed by atoms with Crippen LogP contribution >= 0.6 is 0 Å². The second-order valence-corrected chi connectivity index (χ2v) is 4.94. The number of rotatable bonds is 6. The minimum absolute atomic E-state index is 0.0296. The van der Waals surface area contributed by atoms with Crippen molar-refractivity contribution in [2.24, 2.45) is 5.73 Å². The lowest BCUT2D eigenvalue weighted by atomic mass is 10.1. The average Bonchev–Trinajstić information content (AvgIpc) is 2.44. The Morgan fingerprint density at radius 3 is 2.86 bits per heavy atom. The topological polar surface area (TPSA) is 57.4 Å². The third kappa shape index (κ3) is 4.43. The Hall–Kier alpha value is -2.14. The smallest absolute Gasteiger partial charge is 0.219 e. The Bertz CT molecular complexity index is 603. The van der Waals surface area contributed by atoms with Gasteiger partial charge in [0.1, 0.15) is 18.2 Å². The molecule has 4 nitrogen and oxygen atoms in total. The highest BCUT2D eigenvalue weighted by molar-refractivity contribution is 5.31. The highest BCUT2D eigenvalue weighted by Gasteiger charge is 2.07. The van der Waals surface area contributed by atoms with Crippen molar-refractivity contribution in [1.82, 2.24) is 4.98 Å². The Morgan fingerprint density at radius 1 is 1.33 bits per heavy atom. The summed E-state index contributed by atoms with van der Waals surface area (Å²) in [5.41, 5.74) is 7.36. The van der Waals surface area contributed by atoms with E-state index in [0.717, 1.165) is 11.1 Å². The van der Waals surface area contributed by atoms with Crippen molar-refractivity contribution in [3.63, 3.8) is 0 Å². The van der Waals surface area contributed by atoms with Gasteiger partial charge in [-0.3, -0.25) is 0 Å². The fourth-order valence-electron chi connectivity index (χ4n) is 2.07. The first-order valence-electron chi connectivity index (χ1n) is 6.74. The maximum atomic E-state index is 13.6. The molecule has 21 heavy (non-hydrogen) atoms. The van der Waals surface area contributed by atoms with Gasteiger partial charge in [-0.2, -0.15) is 0 Å². The van der Waals surface area contributed by atoms with Crippen molar-refractivity contribution < 1.29 is 13.9 Å². The molecule has 0 aliphatic heterocycles. The van der Waals surface area contributed by atoms with Crippen LogP contribution in [0.2, 0.25) is 0 Å². The molecule has 1 heterocycles. The lowest BCUT2D eigenvalue weighted by molar-refractivity contribution is 0.292. The van der Waals surface area contributed by atoms with E-state index in [2.05, 4.69) is 4.98 Å². The fraction of sp³-hybridized carbons (Fsp3) is 0.312. The molecule has 0 amide bonds. The minimum atomic E-state index is -0.332. The molecule has 0 radical (unpaired) electrons. The van der Waals surface area contributed by atoms with Gasteiger partial charge in [-0.1, -0.05) is 0 Å². The highest BCUT2D eigenvalue weighted by Crippen LogP contribution is 2.21. The van der Waals surface area contributed by atoms with Crippen molar-refractivity contribution >= 4 is 0 Å². The molecule has 1 aromatic heterocycles. The summed E-state index contributed by atoms with van der Waals surface area (Å²) in [6.07, 6.45) is 2.25. The number of nitrogens with zero attached hydrogens (tertiary/aromatic N) is 1. The first-order chi connectivity index (χ1) is 10.1. The van der Waals surface area contributed by atoms with Gasteiger partial charge < -0.3 is 15.2 Å². The minimum Gasteiger partial charge on any atom is -0.489 e. The number of benzene rings is 1. The fourth-order valence-corrected chi connectivity index (χ4v) is 2.07. The molecule has 0 spiro atoms. The molecule has 0 aliphatic rings. The van der Waals surface area contributed by atoms with Gasteiger partial charge in [-0.15, -0.1) is 0 Å². The lowest BCUT2D eigenvalue weighted by Crippen LogP contribution is -2.17. The predicted molar refractivity (Wildman–Crippen MR) is 78.9 cm³/mol. The monoisotopic (exact) mass is 290 g/mol. The SMILES string of the molecule is COc1ncccc1COc1cc(F)cc(CC(C)N)c1. The van der Waals surface area contributed by atoms with Gasteiger partial charge in [0.25, 0.3) is 0 Å². The van der Waals surface area contributed by atoms with E-state index in [1.807, 2.05) is 13.0 Å². The zero-order valence-electron chi connectivity index (χ0n) is 12.2. The van der Waals surface area contributed by atoms with Crippen LogP contribution in [0.25, 0.3) is 0 Å². The zero-order chi connectivity index (χ0) is 15.2. The first-order valence-corrected chi connectivity index (χ1v) is 6.74. The van der Waals surface area contributed by atoms with E-state index in [1.54, 1.807) is 25.4 Å². The van der Waals surface area contributed by atoms with Crippen LogP contribution < -0.4 is 15.2 Å². The number of aromatic nitrogens is 1. The third-order valence-electron chi connectivity index (χ3n) is 2.93. The molecule has 0 aliphatic carbocycles. The van der Waals surface area contributed by atoms with Gasteiger partial charge in [-0.25, -0.2) is 9.37 Å². The summed E-state index contributed by atoms with van der Waals surface area (Å²) >= 11 is 0. The number of halogens is 1. The summed E-state index contributed by atoms with van der Waals surface area (Å²) in [5.74, 6) is 0.641. The van der Waals surface area contributed by atoms with Gasteiger partial charge >= 0.3 is 0 Å². The summed E-state index contributed by atoms with van der Waals surface area (Å²) in [4.78, 5) is 4.09. The summed E-state index contributed by atoms with van der Waals surface area (Å²) in [5, 5.41) is 0. The molecule has 2 rings (SSSR count). The maximum absolute atomic E-state index is 13.6. The van der Waals surface area contributed by atoms with Crippen LogP contribution in [0.4, 0.5) is 4.39 Å². The molecule has 0 saturated heterocycles. The maximum Gasteiger partial charge on any atom is 0.219 e. The van der Waals surface area contributed by atoms with Gasteiger partial charge in [0.2, 0.25) is 5.88 Å². The molecule has 1 unspecified atom stereocenters. The molecule has 1 aromatic carbocycles. The van der Waals surface area contributed by atoms with Crippen molar-refractivity contribution in [1.29, 1.82) is 0 Å². The Labute approximate surface area is 123 Å². The summed E-state index contributed by atoms with van der Waals surface area (Å²) < 4.78 is 24.4. The number of pyridine rings is 1.